The Kier molecular flexibility index (Phi) is 5.47. The smallest absolute Gasteiger partial charge is 0.255 e. The molecule has 0 bridgehead atoms. The summed E-state index contributed by atoms with van der Waals surface area (Å²) in [5.74, 6) is -0.553. The van der Waals surface area contributed by atoms with Crippen molar-refractivity contribution in [2.75, 3.05) is 13.1 Å². The van der Waals surface area contributed by atoms with Crippen molar-refractivity contribution in [1.82, 2.24) is 4.90 Å². The molecule has 3 nitrogen and oxygen atoms in total. The third kappa shape index (κ3) is 4.12. The number of hydrogen-bond donors (Lipinski definition) is 1. The second-order valence-corrected chi connectivity index (χ2v) is 5.48. The average Bonchev–Trinajstić information content (AvgIpc) is 2.47. The molecular weight excluding hydrogens is 335 g/mol. The molecule has 0 radical (unpaired) electrons. The SMILES string of the molecule is NCCN(Cc1ccccc1)C(=O)c1ccc(F)cc1Br. The number of nitrogens with two attached hydrogens (primary N) is 1. The van der Waals surface area contributed by atoms with Crippen LogP contribution in [0.25, 0.3) is 0 Å². The van der Waals surface area contributed by atoms with E-state index in [0.717, 1.165) is 5.56 Å². The highest BCUT2D eigenvalue weighted by Gasteiger charge is 2.18. The lowest BCUT2D eigenvalue weighted by Crippen LogP contribution is -2.35. The van der Waals surface area contributed by atoms with Crippen LogP contribution in [0.5, 0.6) is 0 Å². The fraction of sp³-hybridized carbons (Fsp3) is 0.188. The summed E-state index contributed by atoms with van der Waals surface area (Å²) in [5.41, 5.74) is 7.05. The first-order valence-corrected chi connectivity index (χ1v) is 7.39. The Labute approximate surface area is 131 Å². The van der Waals surface area contributed by atoms with E-state index in [1.807, 2.05) is 30.3 Å². The number of nitrogens with zero attached hydrogens (tertiary/aromatic N) is 1. The summed E-state index contributed by atoms with van der Waals surface area (Å²) in [6, 6.07) is 13.7. The Morgan fingerprint density at radius 2 is 1.90 bits per heavy atom. The number of carbonyl (C=O) groups excluding carboxylic acids is 1. The van der Waals surface area contributed by atoms with Crippen LogP contribution in [0.1, 0.15) is 15.9 Å². The van der Waals surface area contributed by atoms with Gasteiger partial charge >= 0.3 is 0 Å². The predicted molar refractivity (Wildman–Crippen MR) is 84.3 cm³/mol. The van der Waals surface area contributed by atoms with E-state index in [-0.39, 0.29) is 11.7 Å². The molecule has 5 heteroatoms. The van der Waals surface area contributed by atoms with Gasteiger partial charge in [-0.3, -0.25) is 4.79 Å². The van der Waals surface area contributed by atoms with Gasteiger partial charge in [-0.05, 0) is 39.7 Å². The van der Waals surface area contributed by atoms with Crippen molar-refractivity contribution in [1.29, 1.82) is 0 Å². The van der Waals surface area contributed by atoms with Crippen LogP contribution in [0.15, 0.2) is 53.0 Å². The lowest BCUT2D eigenvalue weighted by Gasteiger charge is -2.23. The predicted octanol–water partition coefficient (Wildman–Crippen LogP) is 3.19. The van der Waals surface area contributed by atoms with E-state index in [0.29, 0.717) is 29.7 Å². The van der Waals surface area contributed by atoms with Gasteiger partial charge in [-0.25, -0.2) is 4.39 Å². The van der Waals surface area contributed by atoms with Gasteiger partial charge in [0, 0.05) is 24.1 Å². The summed E-state index contributed by atoms with van der Waals surface area (Å²) in [6.45, 7) is 1.29. The zero-order valence-corrected chi connectivity index (χ0v) is 13.0. The van der Waals surface area contributed by atoms with Crippen LogP contribution in [-0.4, -0.2) is 23.9 Å². The first-order chi connectivity index (χ1) is 10.1. The molecule has 21 heavy (non-hydrogen) atoms. The normalized spacial score (nSPS) is 10.4. The maximum Gasteiger partial charge on any atom is 0.255 e. The second-order valence-electron chi connectivity index (χ2n) is 4.63. The second kappa shape index (κ2) is 7.33. The summed E-state index contributed by atoms with van der Waals surface area (Å²) >= 11 is 3.23. The van der Waals surface area contributed by atoms with E-state index >= 15 is 0 Å². The van der Waals surface area contributed by atoms with Gasteiger partial charge in [0.2, 0.25) is 0 Å². The van der Waals surface area contributed by atoms with Gasteiger partial charge in [0.15, 0.2) is 0 Å². The number of amides is 1. The van der Waals surface area contributed by atoms with Crippen molar-refractivity contribution in [3.05, 3.63) is 69.9 Å². The van der Waals surface area contributed by atoms with Crippen molar-refractivity contribution in [2.45, 2.75) is 6.54 Å². The van der Waals surface area contributed by atoms with Gasteiger partial charge in [0.1, 0.15) is 5.82 Å². The zero-order chi connectivity index (χ0) is 15.2. The Balaban J connectivity index is 2.23. The third-order valence-corrected chi connectivity index (χ3v) is 3.72. The van der Waals surface area contributed by atoms with Crippen molar-refractivity contribution >= 4 is 21.8 Å². The minimum atomic E-state index is -0.383. The molecule has 110 valence electrons. The number of benzene rings is 2. The molecule has 0 heterocycles. The molecule has 0 saturated carbocycles. The maximum atomic E-state index is 13.1. The van der Waals surface area contributed by atoms with E-state index in [1.54, 1.807) is 4.90 Å². The van der Waals surface area contributed by atoms with Crippen LogP contribution < -0.4 is 5.73 Å². The lowest BCUT2D eigenvalue weighted by atomic mass is 10.1. The number of carbonyl (C=O) groups is 1. The maximum absolute atomic E-state index is 13.1. The average molecular weight is 351 g/mol. The summed E-state index contributed by atoms with van der Waals surface area (Å²) in [4.78, 5) is 14.2. The molecular formula is C16H16BrFN2O. The quantitative estimate of drug-likeness (QED) is 0.899. The molecule has 2 rings (SSSR count). The van der Waals surface area contributed by atoms with Gasteiger partial charge in [-0.15, -0.1) is 0 Å². The van der Waals surface area contributed by atoms with Crippen molar-refractivity contribution in [3.63, 3.8) is 0 Å². The summed E-state index contributed by atoms with van der Waals surface area (Å²) in [7, 11) is 0. The molecule has 0 spiro atoms. The van der Waals surface area contributed by atoms with Crippen LogP contribution >= 0.6 is 15.9 Å². The third-order valence-electron chi connectivity index (χ3n) is 3.06. The minimum Gasteiger partial charge on any atom is -0.333 e. The van der Waals surface area contributed by atoms with Crippen molar-refractivity contribution < 1.29 is 9.18 Å². The van der Waals surface area contributed by atoms with Crippen LogP contribution in [0.4, 0.5) is 4.39 Å². The first kappa shape index (κ1) is 15.7. The lowest BCUT2D eigenvalue weighted by molar-refractivity contribution is 0.0747. The Bertz CT molecular complexity index is 619. The van der Waals surface area contributed by atoms with Gasteiger partial charge in [-0.1, -0.05) is 30.3 Å². The molecule has 2 N–H and O–H groups in total. The topological polar surface area (TPSA) is 46.3 Å². The van der Waals surface area contributed by atoms with E-state index in [4.69, 9.17) is 5.73 Å². The molecule has 0 fully saturated rings. The van der Waals surface area contributed by atoms with Crippen LogP contribution in [0.3, 0.4) is 0 Å². The van der Waals surface area contributed by atoms with Gasteiger partial charge in [-0.2, -0.15) is 0 Å². The molecule has 0 unspecified atom stereocenters. The Morgan fingerprint density at radius 3 is 2.52 bits per heavy atom. The number of rotatable bonds is 5. The number of hydrogen-bond acceptors (Lipinski definition) is 2. The van der Waals surface area contributed by atoms with Gasteiger partial charge in [0.25, 0.3) is 5.91 Å². The van der Waals surface area contributed by atoms with Crippen molar-refractivity contribution in [2.24, 2.45) is 5.73 Å². The molecule has 1 amide bonds. The Hall–Kier alpha value is -1.72. The van der Waals surface area contributed by atoms with Crippen LogP contribution in [0, 0.1) is 5.82 Å². The summed E-state index contributed by atoms with van der Waals surface area (Å²) in [6.07, 6.45) is 0. The first-order valence-electron chi connectivity index (χ1n) is 6.60. The summed E-state index contributed by atoms with van der Waals surface area (Å²) in [5, 5.41) is 0. The standard InChI is InChI=1S/C16H16BrFN2O/c17-15-10-13(18)6-7-14(15)16(21)20(9-8-19)11-12-4-2-1-3-5-12/h1-7,10H,8-9,11,19H2. The fourth-order valence-electron chi connectivity index (χ4n) is 2.05. The van der Waals surface area contributed by atoms with Crippen molar-refractivity contribution in [3.8, 4) is 0 Å². The minimum absolute atomic E-state index is 0.170. The van der Waals surface area contributed by atoms with Gasteiger partial charge in [0.05, 0.1) is 5.56 Å². The fourth-order valence-corrected chi connectivity index (χ4v) is 2.57. The summed E-state index contributed by atoms with van der Waals surface area (Å²) < 4.78 is 13.6. The molecule has 0 atom stereocenters. The highest BCUT2D eigenvalue weighted by molar-refractivity contribution is 9.10. The molecule has 2 aromatic rings. The Morgan fingerprint density at radius 1 is 1.19 bits per heavy atom. The highest BCUT2D eigenvalue weighted by Crippen LogP contribution is 2.20. The molecule has 0 aliphatic heterocycles. The molecule has 0 saturated heterocycles. The molecule has 0 aliphatic carbocycles. The van der Waals surface area contributed by atoms with E-state index in [2.05, 4.69) is 15.9 Å². The number of halogens is 2. The van der Waals surface area contributed by atoms with E-state index < -0.39 is 0 Å². The van der Waals surface area contributed by atoms with E-state index in [9.17, 15) is 9.18 Å². The zero-order valence-electron chi connectivity index (χ0n) is 11.4. The van der Waals surface area contributed by atoms with Crippen LogP contribution in [0.2, 0.25) is 0 Å². The van der Waals surface area contributed by atoms with E-state index in [1.165, 1.54) is 18.2 Å². The monoisotopic (exact) mass is 350 g/mol. The molecule has 0 aliphatic rings. The molecule has 2 aromatic carbocycles. The van der Waals surface area contributed by atoms with Gasteiger partial charge < -0.3 is 10.6 Å². The largest absolute Gasteiger partial charge is 0.333 e. The molecule has 0 aromatic heterocycles. The van der Waals surface area contributed by atoms with Crippen LogP contribution in [-0.2, 0) is 6.54 Å². The highest BCUT2D eigenvalue weighted by atomic mass is 79.9.